The van der Waals surface area contributed by atoms with Gasteiger partial charge in [-0.25, -0.2) is 0 Å². The highest BCUT2D eigenvalue weighted by atomic mass is 28.2. The molecule has 60 valence electrons. The fourth-order valence-corrected chi connectivity index (χ4v) is 2.43. The van der Waals surface area contributed by atoms with Crippen molar-refractivity contribution in [1.29, 1.82) is 0 Å². The third-order valence-corrected chi connectivity index (χ3v) is 3.12. The molecule has 0 bridgehead atoms. The summed E-state index contributed by atoms with van der Waals surface area (Å²) in [6.45, 7) is 0. The van der Waals surface area contributed by atoms with Gasteiger partial charge in [-0.3, -0.25) is 0 Å². The molecule has 0 radical (unpaired) electrons. The van der Waals surface area contributed by atoms with Crippen LogP contribution in [0.15, 0.2) is 23.0 Å². The lowest BCUT2D eigenvalue weighted by Gasteiger charge is -2.16. The van der Waals surface area contributed by atoms with Crippen LogP contribution in [0.25, 0.3) is 0 Å². The zero-order chi connectivity index (χ0) is 7.68. The predicted octanol–water partition coefficient (Wildman–Crippen LogP) is 1.44. The van der Waals surface area contributed by atoms with Crippen LogP contribution in [0.5, 0.6) is 0 Å². The Hall–Kier alpha value is -0.503. The van der Waals surface area contributed by atoms with Gasteiger partial charge in [-0.15, -0.1) is 0 Å². The molecule has 0 aromatic carbocycles. The van der Waals surface area contributed by atoms with Gasteiger partial charge >= 0.3 is 0 Å². The average Bonchev–Trinajstić information content (AvgIpc) is 2.47. The number of hydrogen-bond donors (Lipinski definition) is 0. The summed E-state index contributed by atoms with van der Waals surface area (Å²) in [6.07, 6.45) is 8.73. The summed E-state index contributed by atoms with van der Waals surface area (Å²) in [7, 11) is 0.851. The van der Waals surface area contributed by atoms with Gasteiger partial charge in [-0.2, -0.15) is 0 Å². The summed E-state index contributed by atoms with van der Waals surface area (Å²) in [6, 6.07) is 0. The lowest BCUT2D eigenvalue weighted by molar-refractivity contribution is 0.450. The first-order valence-electron chi connectivity index (χ1n) is 4.37. The Kier molecular flexibility index (Phi) is 1.86. The van der Waals surface area contributed by atoms with Crippen LogP contribution in [0, 0.1) is 0 Å². The molecule has 0 atom stereocenters. The molecule has 1 saturated carbocycles. The van der Waals surface area contributed by atoms with Gasteiger partial charge in [0.2, 0.25) is 10.5 Å². The molecule has 0 heterocycles. The van der Waals surface area contributed by atoms with E-state index >= 15 is 0 Å². The Morgan fingerprint density at radius 2 is 2.09 bits per heavy atom. The van der Waals surface area contributed by atoms with Crippen LogP contribution in [-0.2, 0) is 4.43 Å². The summed E-state index contributed by atoms with van der Waals surface area (Å²) < 4.78 is 5.45. The fraction of sp³-hybridized carbons (Fsp3) is 0.556. The van der Waals surface area contributed by atoms with E-state index in [0.29, 0.717) is 0 Å². The Morgan fingerprint density at radius 1 is 1.27 bits per heavy atom. The molecule has 2 heteroatoms. The summed E-state index contributed by atoms with van der Waals surface area (Å²) >= 11 is 0. The zero-order valence-corrected chi connectivity index (χ0v) is 9.02. The van der Waals surface area contributed by atoms with Crippen molar-refractivity contribution in [2.45, 2.75) is 32.1 Å². The third-order valence-electron chi connectivity index (χ3n) is 2.63. The van der Waals surface area contributed by atoms with Gasteiger partial charge in [-0.05, 0) is 36.8 Å². The molecule has 11 heavy (non-hydrogen) atoms. The van der Waals surface area contributed by atoms with E-state index in [1.165, 1.54) is 31.4 Å². The Labute approximate surface area is 70.7 Å². The van der Waals surface area contributed by atoms with Crippen LogP contribution < -0.4 is 0 Å². The monoisotopic (exact) mass is 166 g/mol. The first kappa shape index (κ1) is 7.16. The molecule has 0 saturated heterocycles. The van der Waals surface area contributed by atoms with Crippen molar-refractivity contribution >= 4 is 10.5 Å². The number of hydrogen-bond acceptors (Lipinski definition) is 1. The molecule has 0 unspecified atom stereocenters. The smallest absolute Gasteiger partial charge is 0.203 e. The maximum absolute atomic E-state index is 5.45. The molecule has 0 amide bonds. The molecule has 2 aliphatic rings. The molecule has 1 nitrogen and oxygen atoms in total. The number of allylic oxidation sites excluding steroid dienone is 3. The van der Waals surface area contributed by atoms with E-state index in [9.17, 15) is 0 Å². The van der Waals surface area contributed by atoms with Gasteiger partial charge in [0, 0.05) is 6.42 Å². The van der Waals surface area contributed by atoms with E-state index in [0.717, 1.165) is 16.9 Å². The molecule has 2 rings (SSSR count). The second kappa shape index (κ2) is 2.86. The molecule has 0 aromatic heterocycles. The third kappa shape index (κ3) is 1.16. The Morgan fingerprint density at radius 3 is 2.91 bits per heavy atom. The first-order valence-corrected chi connectivity index (χ1v) is 5.19. The summed E-state index contributed by atoms with van der Waals surface area (Å²) in [5.41, 5.74) is 3.13. The summed E-state index contributed by atoms with van der Waals surface area (Å²) in [5.74, 6) is 1.28. The van der Waals surface area contributed by atoms with E-state index in [4.69, 9.17) is 4.43 Å². The molecular formula is C9H14OSi. The van der Waals surface area contributed by atoms with E-state index in [2.05, 4.69) is 6.08 Å². The van der Waals surface area contributed by atoms with E-state index in [1.54, 1.807) is 11.1 Å². The summed E-state index contributed by atoms with van der Waals surface area (Å²) in [5, 5.41) is 0. The largest absolute Gasteiger partial charge is 0.556 e. The van der Waals surface area contributed by atoms with Gasteiger partial charge in [0.25, 0.3) is 0 Å². The van der Waals surface area contributed by atoms with Gasteiger partial charge in [0.1, 0.15) is 0 Å². The second-order valence-corrected chi connectivity index (χ2v) is 3.65. The lowest BCUT2D eigenvalue weighted by atomic mass is 9.92. The van der Waals surface area contributed by atoms with Crippen LogP contribution in [0.3, 0.4) is 0 Å². The minimum absolute atomic E-state index is 0.851. The van der Waals surface area contributed by atoms with Gasteiger partial charge in [0.15, 0.2) is 0 Å². The average molecular weight is 166 g/mol. The molecule has 0 spiro atoms. The van der Waals surface area contributed by atoms with Crippen LogP contribution in [0.4, 0.5) is 0 Å². The first-order chi connectivity index (χ1) is 5.42. The zero-order valence-electron chi connectivity index (χ0n) is 7.02. The molecule has 2 aliphatic carbocycles. The van der Waals surface area contributed by atoms with Crippen molar-refractivity contribution < 1.29 is 4.43 Å². The Balaban J connectivity index is 2.24. The van der Waals surface area contributed by atoms with Crippen LogP contribution in [0.1, 0.15) is 32.1 Å². The predicted molar refractivity (Wildman–Crippen MR) is 49.2 cm³/mol. The fourth-order valence-electron chi connectivity index (χ4n) is 2.02. The SMILES string of the molecule is [SiH3]OC1=C2CCCCC2=CC1. The Bertz CT molecular complexity index is 228. The van der Waals surface area contributed by atoms with Crippen molar-refractivity contribution in [3.63, 3.8) is 0 Å². The highest BCUT2D eigenvalue weighted by Gasteiger charge is 2.20. The van der Waals surface area contributed by atoms with Gasteiger partial charge in [0.05, 0.1) is 5.76 Å². The van der Waals surface area contributed by atoms with Crippen molar-refractivity contribution in [1.82, 2.24) is 0 Å². The van der Waals surface area contributed by atoms with E-state index < -0.39 is 0 Å². The highest BCUT2D eigenvalue weighted by Crippen LogP contribution is 2.37. The maximum Gasteiger partial charge on any atom is 0.203 e. The van der Waals surface area contributed by atoms with E-state index in [1.807, 2.05) is 0 Å². The van der Waals surface area contributed by atoms with Crippen LogP contribution in [-0.4, -0.2) is 10.5 Å². The molecular weight excluding hydrogens is 152 g/mol. The van der Waals surface area contributed by atoms with Crippen LogP contribution >= 0.6 is 0 Å². The molecule has 0 aromatic rings. The van der Waals surface area contributed by atoms with E-state index in [-0.39, 0.29) is 0 Å². The van der Waals surface area contributed by atoms with Crippen molar-refractivity contribution in [2.24, 2.45) is 0 Å². The molecule has 0 aliphatic heterocycles. The van der Waals surface area contributed by atoms with Crippen molar-refractivity contribution in [3.05, 3.63) is 23.0 Å². The maximum atomic E-state index is 5.45. The van der Waals surface area contributed by atoms with Crippen LogP contribution in [0.2, 0.25) is 0 Å². The van der Waals surface area contributed by atoms with Gasteiger partial charge in [-0.1, -0.05) is 6.08 Å². The molecule has 1 fully saturated rings. The second-order valence-electron chi connectivity index (χ2n) is 3.25. The van der Waals surface area contributed by atoms with Crippen molar-refractivity contribution in [3.8, 4) is 0 Å². The highest BCUT2D eigenvalue weighted by molar-refractivity contribution is 5.99. The molecule has 0 N–H and O–H groups in total. The number of rotatable bonds is 1. The minimum atomic E-state index is 0.851. The quantitative estimate of drug-likeness (QED) is 0.536. The lowest BCUT2D eigenvalue weighted by Crippen LogP contribution is -1.98. The van der Waals surface area contributed by atoms with Crippen molar-refractivity contribution in [2.75, 3.05) is 0 Å². The number of fused-ring (bicyclic) bond motifs is 1. The minimum Gasteiger partial charge on any atom is -0.556 e. The normalized spacial score (nSPS) is 23.5. The summed E-state index contributed by atoms with van der Waals surface area (Å²) in [4.78, 5) is 0. The topological polar surface area (TPSA) is 9.23 Å². The van der Waals surface area contributed by atoms with Gasteiger partial charge < -0.3 is 4.43 Å². The standard InChI is InChI=1S/C9H14OSi/c11-10-9-6-5-7-3-1-2-4-8(7)9/h5H,1-4,6H2,11H3.